The smallest absolute Gasteiger partial charge is 0.306 e. The van der Waals surface area contributed by atoms with Gasteiger partial charge in [-0.2, -0.15) is 13.2 Å². The highest BCUT2D eigenvalue weighted by molar-refractivity contribution is 7.99. The maximum absolute atomic E-state index is 12.5. The van der Waals surface area contributed by atoms with E-state index in [0.29, 0.717) is 23.1 Å². The lowest BCUT2D eigenvalue weighted by molar-refractivity contribution is -0.141. The van der Waals surface area contributed by atoms with Gasteiger partial charge in [0.15, 0.2) is 10.9 Å². The molecule has 1 aromatic carbocycles. The first-order valence-electron chi connectivity index (χ1n) is 7.52. The summed E-state index contributed by atoms with van der Waals surface area (Å²) in [7, 11) is 0. The quantitative estimate of drug-likeness (QED) is 0.687. The molecular weight excluding hydrogens is 351 g/mol. The number of nitrogens with zero attached hydrogens (tertiary/aromatic N) is 5. The van der Waals surface area contributed by atoms with Gasteiger partial charge in [0.25, 0.3) is 0 Å². The van der Waals surface area contributed by atoms with Crippen LogP contribution in [0.25, 0.3) is 0 Å². The van der Waals surface area contributed by atoms with E-state index in [1.807, 2.05) is 41.8 Å². The number of aromatic nitrogens is 5. The van der Waals surface area contributed by atoms with Gasteiger partial charge in [0.1, 0.15) is 10.9 Å². The minimum absolute atomic E-state index is 0.335. The summed E-state index contributed by atoms with van der Waals surface area (Å²) in [5, 5.41) is 16.1. The van der Waals surface area contributed by atoms with Crippen LogP contribution < -0.4 is 0 Å². The van der Waals surface area contributed by atoms with E-state index in [-0.39, 0.29) is 0 Å². The van der Waals surface area contributed by atoms with Crippen LogP contribution in [0.1, 0.15) is 24.0 Å². The maximum atomic E-state index is 12.5. The van der Waals surface area contributed by atoms with E-state index >= 15 is 0 Å². The third-order valence-corrected chi connectivity index (χ3v) is 4.35. The zero-order valence-corrected chi connectivity index (χ0v) is 14.1. The molecule has 0 N–H and O–H groups in total. The van der Waals surface area contributed by atoms with Gasteiger partial charge in [-0.15, -0.1) is 20.4 Å². The molecule has 0 spiro atoms. The number of alkyl halides is 3. The third-order valence-electron chi connectivity index (χ3n) is 3.44. The van der Waals surface area contributed by atoms with Crippen LogP contribution in [0.15, 0.2) is 52.6 Å². The lowest BCUT2D eigenvalue weighted by Gasteiger charge is -2.07. The summed E-state index contributed by atoms with van der Waals surface area (Å²) < 4.78 is 39.5. The lowest BCUT2D eigenvalue weighted by atomic mass is 10.1. The molecule has 0 amide bonds. The fourth-order valence-corrected chi connectivity index (χ4v) is 3.07. The van der Waals surface area contributed by atoms with Crippen molar-refractivity contribution in [1.29, 1.82) is 0 Å². The van der Waals surface area contributed by atoms with Gasteiger partial charge < -0.3 is 4.57 Å². The van der Waals surface area contributed by atoms with Crippen LogP contribution in [0.5, 0.6) is 0 Å². The van der Waals surface area contributed by atoms with Crippen LogP contribution in [-0.2, 0) is 19.1 Å². The molecule has 5 nitrogen and oxygen atoms in total. The van der Waals surface area contributed by atoms with Gasteiger partial charge >= 0.3 is 6.18 Å². The molecule has 0 unspecified atom stereocenters. The molecule has 0 atom stereocenters. The van der Waals surface area contributed by atoms with Crippen LogP contribution >= 0.6 is 11.8 Å². The van der Waals surface area contributed by atoms with Crippen molar-refractivity contribution in [1.82, 2.24) is 25.0 Å². The molecule has 9 heteroatoms. The number of rotatable bonds is 5. The number of halogens is 3. The molecule has 2 heterocycles. The third kappa shape index (κ3) is 4.16. The Balaban J connectivity index is 1.79. The Morgan fingerprint density at radius 1 is 0.960 bits per heavy atom. The Labute approximate surface area is 146 Å². The summed E-state index contributed by atoms with van der Waals surface area (Å²) >= 11 is 1.14. The van der Waals surface area contributed by atoms with Crippen LogP contribution in [0, 0.1) is 0 Å². The van der Waals surface area contributed by atoms with Crippen molar-refractivity contribution < 1.29 is 13.2 Å². The standard InChI is InChI=1S/C16H14F3N5S/c1-2-24-13(10-11-6-4-3-5-7-11)21-23-15(24)25-14-9-8-12(20-22-14)16(17,18)19/h3-9H,2,10H2,1H3. The van der Waals surface area contributed by atoms with Crippen molar-refractivity contribution in [2.45, 2.75) is 36.2 Å². The zero-order chi connectivity index (χ0) is 17.9. The molecule has 130 valence electrons. The summed E-state index contributed by atoms with van der Waals surface area (Å²) in [6.07, 6.45) is -3.87. The molecule has 3 rings (SSSR count). The first-order chi connectivity index (χ1) is 12.0. The molecule has 2 aromatic heterocycles. The highest BCUT2D eigenvalue weighted by atomic mass is 32.2. The topological polar surface area (TPSA) is 56.5 Å². The second kappa shape index (κ2) is 7.22. The van der Waals surface area contributed by atoms with Crippen molar-refractivity contribution in [2.75, 3.05) is 0 Å². The van der Waals surface area contributed by atoms with Crippen molar-refractivity contribution in [3.63, 3.8) is 0 Å². The van der Waals surface area contributed by atoms with E-state index in [1.54, 1.807) is 0 Å². The summed E-state index contributed by atoms with van der Waals surface area (Å²) in [6, 6.07) is 12.0. The van der Waals surface area contributed by atoms with Gasteiger partial charge in [0, 0.05) is 13.0 Å². The van der Waals surface area contributed by atoms with Crippen LogP contribution in [0.2, 0.25) is 0 Å². The Morgan fingerprint density at radius 3 is 2.32 bits per heavy atom. The van der Waals surface area contributed by atoms with E-state index in [1.165, 1.54) is 6.07 Å². The Morgan fingerprint density at radius 2 is 1.72 bits per heavy atom. The average molecular weight is 365 g/mol. The van der Waals surface area contributed by atoms with Crippen molar-refractivity contribution in [3.05, 3.63) is 59.5 Å². The van der Waals surface area contributed by atoms with Crippen molar-refractivity contribution >= 4 is 11.8 Å². The lowest BCUT2D eigenvalue weighted by Crippen LogP contribution is -2.09. The molecule has 0 aliphatic rings. The molecule has 0 saturated carbocycles. The summed E-state index contributed by atoms with van der Waals surface area (Å²) in [5.41, 5.74) is 0.0917. The molecule has 0 aliphatic carbocycles. The van der Waals surface area contributed by atoms with Gasteiger partial charge in [-0.05, 0) is 36.4 Å². The molecule has 0 bridgehead atoms. The number of hydrogen-bond donors (Lipinski definition) is 0. The minimum Gasteiger partial charge on any atom is -0.306 e. The van der Waals surface area contributed by atoms with Crippen LogP contribution in [0.4, 0.5) is 13.2 Å². The fourth-order valence-electron chi connectivity index (χ4n) is 2.24. The monoisotopic (exact) mass is 365 g/mol. The van der Waals surface area contributed by atoms with Crippen molar-refractivity contribution in [2.24, 2.45) is 0 Å². The van der Waals surface area contributed by atoms with E-state index in [9.17, 15) is 13.2 Å². The van der Waals surface area contributed by atoms with Gasteiger partial charge in [0.05, 0.1) is 0 Å². The Bertz CT molecular complexity index is 831. The normalized spacial score (nSPS) is 11.7. The highest BCUT2D eigenvalue weighted by Crippen LogP contribution is 2.29. The van der Waals surface area contributed by atoms with Crippen LogP contribution in [-0.4, -0.2) is 25.0 Å². The van der Waals surface area contributed by atoms with Gasteiger partial charge in [-0.25, -0.2) is 0 Å². The van der Waals surface area contributed by atoms with Gasteiger partial charge in [0.2, 0.25) is 0 Å². The molecule has 25 heavy (non-hydrogen) atoms. The molecule has 0 aliphatic heterocycles. The first kappa shape index (κ1) is 17.4. The first-order valence-corrected chi connectivity index (χ1v) is 8.34. The molecule has 0 saturated heterocycles. The predicted octanol–water partition coefficient (Wildman–Crippen LogP) is 3.85. The molecule has 3 aromatic rings. The predicted molar refractivity (Wildman–Crippen MR) is 86.1 cm³/mol. The van der Waals surface area contributed by atoms with Gasteiger partial charge in [-0.1, -0.05) is 30.3 Å². The number of hydrogen-bond acceptors (Lipinski definition) is 5. The Kier molecular flexibility index (Phi) is 5.03. The molecule has 0 radical (unpaired) electrons. The fraction of sp³-hybridized carbons (Fsp3) is 0.250. The second-order valence-corrected chi connectivity index (χ2v) is 6.15. The Hall–Kier alpha value is -2.42. The second-order valence-electron chi connectivity index (χ2n) is 5.16. The van der Waals surface area contributed by atoms with Crippen molar-refractivity contribution in [3.8, 4) is 0 Å². The average Bonchev–Trinajstić information content (AvgIpc) is 2.97. The number of benzene rings is 1. The van der Waals surface area contributed by atoms with Gasteiger partial charge in [-0.3, -0.25) is 0 Å². The molecule has 0 fully saturated rings. The summed E-state index contributed by atoms with van der Waals surface area (Å²) in [4.78, 5) is 0. The highest BCUT2D eigenvalue weighted by Gasteiger charge is 2.33. The van der Waals surface area contributed by atoms with E-state index in [0.717, 1.165) is 29.2 Å². The molecular formula is C16H14F3N5S. The SMILES string of the molecule is CCn1c(Cc2ccccc2)nnc1Sc1ccc(C(F)(F)F)nn1. The minimum atomic E-state index is -4.50. The van der Waals surface area contributed by atoms with E-state index in [2.05, 4.69) is 20.4 Å². The summed E-state index contributed by atoms with van der Waals surface area (Å²) in [5.74, 6) is 0.788. The maximum Gasteiger partial charge on any atom is 0.435 e. The van der Waals surface area contributed by atoms with Crippen LogP contribution in [0.3, 0.4) is 0 Å². The zero-order valence-electron chi connectivity index (χ0n) is 13.2. The summed E-state index contributed by atoms with van der Waals surface area (Å²) in [6.45, 7) is 2.60. The van der Waals surface area contributed by atoms with E-state index in [4.69, 9.17) is 0 Å². The van der Waals surface area contributed by atoms with E-state index < -0.39 is 11.9 Å². The largest absolute Gasteiger partial charge is 0.435 e.